The summed E-state index contributed by atoms with van der Waals surface area (Å²) in [5, 5.41) is 18.3. The zero-order valence-corrected chi connectivity index (χ0v) is 35.3. The molecule has 0 aliphatic carbocycles. The third kappa shape index (κ3) is 39.7. The van der Waals surface area contributed by atoms with E-state index in [1.807, 2.05) is 0 Å². The van der Waals surface area contributed by atoms with Crippen molar-refractivity contribution in [3.05, 3.63) is 60.8 Å². The van der Waals surface area contributed by atoms with E-state index in [4.69, 9.17) is 19.1 Å². The molecule has 3 unspecified atom stereocenters. The lowest BCUT2D eigenvalue weighted by molar-refractivity contribution is -0.161. The van der Waals surface area contributed by atoms with Gasteiger partial charge in [0, 0.05) is 12.8 Å². The van der Waals surface area contributed by atoms with Gasteiger partial charge in [-0.1, -0.05) is 139 Å². The lowest BCUT2D eigenvalue weighted by Crippen LogP contribution is -2.29. The van der Waals surface area contributed by atoms with Gasteiger partial charge in [0.1, 0.15) is 12.7 Å². The van der Waals surface area contributed by atoms with Gasteiger partial charge in [-0.15, -0.1) is 0 Å². The summed E-state index contributed by atoms with van der Waals surface area (Å²) in [5.74, 6) is -0.966. The van der Waals surface area contributed by atoms with Crippen LogP contribution in [0.15, 0.2) is 60.8 Å². The number of unbranched alkanes of at least 4 members (excludes halogenated alkanes) is 15. The maximum Gasteiger partial charge on any atom is 0.472 e. The third-order valence-electron chi connectivity index (χ3n) is 8.66. The van der Waals surface area contributed by atoms with Crippen LogP contribution in [0.3, 0.4) is 0 Å². The Bertz CT molecular complexity index is 1100. The van der Waals surface area contributed by atoms with E-state index in [1.165, 1.54) is 38.5 Å². The molecule has 0 rings (SSSR count). The monoisotopic (exact) mass is 797 g/mol. The van der Waals surface area contributed by atoms with Crippen LogP contribution in [0.4, 0.5) is 0 Å². The fraction of sp³-hybridized carbons (Fsp3) is 0.727. The summed E-state index contributed by atoms with van der Waals surface area (Å²) in [7, 11) is -4.63. The molecule has 0 bridgehead atoms. The smallest absolute Gasteiger partial charge is 0.462 e. The molecule has 0 aromatic heterocycles. The van der Waals surface area contributed by atoms with Crippen molar-refractivity contribution in [1.29, 1.82) is 0 Å². The van der Waals surface area contributed by atoms with Crippen LogP contribution in [0.5, 0.6) is 0 Å². The summed E-state index contributed by atoms with van der Waals surface area (Å²) < 4.78 is 32.7. The average molecular weight is 797 g/mol. The minimum atomic E-state index is -4.63. The zero-order valence-electron chi connectivity index (χ0n) is 34.4. The molecule has 0 aliphatic rings. The lowest BCUT2D eigenvalue weighted by atomic mass is 10.1. The number of hydrogen-bond donors (Lipinski definition) is 3. The molecule has 0 aromatic rings. The van der Waals surface area contributed by atoms with Crippen molar-refractivity contribution in [1.82, 2.24) is 0 Å². The topological polar surface area (TPSA) is 149 Å². The molecule has 10 nitrogen and oxygen atoms in total. The van der Waals surface area contributed by atoms with Crippen molar-refractivity contribution in [2.45, 2.75) is 180 Å². The number of allylic oxidation sites excluding steroid dienone is 10. The van der Waals surface area contributed by atoms with Gasteiger partial charge in [-0.2, -0.15) is 0 Å². The van der Waals surface area contributed by atoms with Gasteiger partial charge in [0.05, 0.1) is 19.8 Å². The molecule has 3 atom stereocenters. The summed E-state index contributed by atoms with van der Waals surface area (Å²) in [6.07, 6.45) is 43.3. The van der Waals surface area contributed by atoms with Gasteiger partial charge in [-0.3, -0.25) is 18.6 Å². The van der Waals surface area contributed by atoms with Gasteiger partial charge in [0.2, 0.25) is 0 Å². The standard InChI is InChI=1S/C44H77O10P/c1-3-5-7-9-11-13-15-17-19-20-22-24-26-28-30-32-34-36-44(48)54-42(40-53-55(49,50)52-38-41(46)37-45)39-51-43(47)35-33-31-29-27-25-23-21-18-16-14-12-10-8-6-4-2/h5,7,11,13,17-19,21-22,24,41-42,45-46H,3-4,6,8-10,12,14-16,20,23,25-40H2,1-2H3,(H,49,50). The third-order valence-corrected chi connectivity index (χ3v) is 9.61. The Balaban J connectivity index is 4.38. The second-order valence-corrected chi connectivity index (χ2v) is 15.4. The largest absolute Gasteiger partial charge is 0.472 e. The van der Waals surface area contributed by atoms with Crippen LogP contribution in [0, 0.1) is 0 Å². The van der Waals surface area contributed by atoms with Crippen LogP contribution < -0.4 is 0 Å². The summed E-state index contributed by atoms with van der Waals surface area (Å²) in [6.45, 7) is 2.21. The van der Waals surface area contributed by atoms with Crippen LogP contribution in [0.25, 0.3) is 0 Å². The molecule has 318 valence electrons. The predicted molar refractivity (Wildman–Crippen MR) is 224 cm³/mol. The molecule has 0 aromatic carbocycles. The van der Waals surface area contributed by atoms with Gasteiger partial charge < -0.3 is 24.6 Å². The highest BCUT2D eigenvalue weighted by Crippen LogP contribution is 2.43. The first kappa shape index (κ1) is 52.7. The fourth-order valence-corrected chi connectivity index (χ4v) is 6.18. The van der Waals surface area contributed by atoms with Crippen molar-refractivity contribution in [3.63, 3.8) is 0 Å². The number of aliphatic hydroxyl groups excluding tert-OH is 2. The molecular formula is C44H77O10P. The molecule has 55 heavy (non-hydrogen) atoms. The molecule has 0 saturated carbocycles. The van der Waals surface area contributed by atoms with E-state index in [2.05, 4.69) is 79.1 Å². The normalized spacial score (nSPS) is 14.5. The van der Waals surface area contributed by atoms with E-state index in [0.717, 1.165) is 89.9 Å². The maximum absolute atomic E-state index is 12.6. The van der Waals surface area contributed by atoms with Crippen LogP contribution >= 0.6 is 7.82 Å². The molecular weight excluding hydrogens is 719 g/mol. The van der Waals surface area contributed by atoms with Gasteiger partial charge >= 0.3 is 19.8 Å². The van der Waals surface area contributed by atoms with Crippen molar-refractivity contribution in [2.24, 2.45) is 0 Å². The quantitative estimate of drug-likeness (QED) is 0.0237. The second kappa shape index (κ2) is 39.9. The SMILES string of the molecule is CCC=CCC=CCC=CCC=CCCCCCCC(=O)OC(COC(=O)CCCCCCCC=CCCCCCCCC)COP(=O)(O)OCC(O)CO. The minimum Gasteiger partial charge on any atom is -0.462 e. The van der Waals surface area contributed by atoms with E-state index >= 15 is 0 Å². The van der Waals surface area contributed by atoms with Gasteiger partial charge in [0.15, 0.2) is 6.10 Å². The summed E-state index contributed by atoms with van der Waals surface area (Å²) >= 11 is 0. The second-order valence-electron chi connectivity index (χ2n) is 14.0. The number of rotatable bonds is 39. The van der Waals surface area contributed by atoms with E-state index < -0.39 is 51.8 Å². The van der Waals surface area contributed by atoms with Crippen LogP contribution in [0.2, 0.25) is 0 Å². The van der Waals surface area contributed by atoms with Gasteiger partial charge in [-0.05, 0) is 77.0 Å². The highest BCUT2D eigenvalue weighted by Gasteiger charge is 2.27. The number of hydrogen-bond acceptors (Lipinski definition) is 9. The number of ether oxygens (including phenoxy) is 2. The van der Waals surface area contributed by atoms with Crippen molar-refractivity contribution in [2.75, 3.05) is 26.4 Å². The molecule has 0 radical (unpaired) electrons. The molecule has 0 saturated heterocycles. The summed E-state index contributed by atoms with van der Waals surface area (Å²) in [5.41, 5.74) is 0. The Labute approximate surface area is 334 Å². The fourth-order valence-electron chi connectivity index (χ4n) is 5.39. The maximum atomic E-state index is 12.6. The Morgan fingerprint density at radius 3 is 1.53 bits per heavy atom. The zero-order chi connectivity index (χ0) is 40.5. The first-order valence-corrected chi connectivity index (χ1v) is 22.7. The Hall–Kier alpha value is -2.33. The van der Waals surface area contributed by atoms with Crippen LogP contribution in [-0.2, 0) is 32.7 Å². The molecule has 0 aliphatic heterocycles. The lowest BCUT2D eigenvalue weighted by Gasteiger charge is -2.20. The molecule has 11 heteroatoms. The number of carbonyl (C=O) groups excluding carboxylic acids is 2. The number of esters is 2. The number of carbonyl (C=O) groups is 2. The molecule has 0 amide bonds. The number of aliphatic hydroxyl groups is 2. The molecule has 0 heterocycles. The van der Waals surface area contributed by atoms with Crippen molar-refractivity contribution in [3.8, 4) is 0 Å². The minimum absolute atomic E-state index is 0.152. The van der Waals surface area contributed by atoms with Crippen LogP contribution in [0.1, 0.15) is 168 Å². The number of phosphoric acid groups is 1. The van der Waals surface area contributed by atoms with E-state index in [0.29, 0.717) is 12.8 Å². The molecule has 0 spiro atoms. The average Bonchev–Trinajstić information content (AvgIpc) is 3.17. The highest BCUT2D eigenvalue weighted by molar-refractivity contribution is 7.47. The predicted octanol–water partition coefficient (Wildman–Crippen LogP) is 11.1. The number of phosphoric ester groups is 1. The Morgan fingerprint density at radius 2 is 1.00 bits per heavy atom. The summed E-state index contributed by atoms with van der Waals surface area (Å²) in [6, 6.07) is 0. The summed E-state index contributed by atoms with van der Waals surface area (Å²) in [4.78, 5) is 35.0. The first-order chi connectivity index (χ1) is 26.7. The molecule has 0 fully saturated rings. The Kier molecular flexibility index (Phi) is 38.2. The van der Waals surface area contributed by atoms with E-state index in [-0.39, 0.29) is 19.4 Å². The van der Waals surface area contributed by atoms with E-state index in [9.17, 15) is 24.2 Å². The van der Waals surface area contributed by atoms with Crippen LogP contribution in [-0.4, -0.2) is 65.7 Å². The van der Waals surface area contributed by atoms with Gasteiger partial charge in [0.25, 0.3) is 0 Å². The highest BCUT2D eigenvalue weighted by atomic mass is 31.2. The van der Waals surface area contributed by atoms with Crippen molar-refractivity contribution >= 4 is 19.8 Å². The van der Waals surface area contributed by atoms with Crippen molar-refractivity contribution < 1.29 is 47.8 Å². The Morgan fingerprint density at radius 1 is 0.564 bits per heavy atom. The first-order valence-electron chi connectivity index (χ1n) is 21.2. The van der Waals surface area contributed by atoms with E-state index in [1.54, 1.807) is 0 Å². The molecule has 3 N–H and O–H groups in total. The van der Waals surface area contributed by atoms with Gasteiger partial charge in [-0.25, -0.2) is 4.57 Å².